The van der Waals surface area contributed by atoms with Gasteiger partial charge in [0.1, 0.15) is 11.3 Å². The van der Waals surface area contributed by atoms with Crippen LogP contribution in [0.3, 0.4) is 0 Å². The fourth-order valence-corrected chi connectivity index (χ4v) is 2.52. The van der Waals surface area contributed by atoms with Crippen LogP contribution in [-0.4, -0.2) is 34.5 Å². The van der Waals surface area contributed by atoms with Crippen molar-refractivity contribution in [3.05, 3.63) is 29.8 Å². The Kier molecular flexibility index (Phi) is 5.30. The fourth-order valence-electron chi connectivity index (χ4n) is 2.52. The van der Waals surface area contributed by atoms with Gasteiger partial charge in [0.2, 0.25) is 0 Å². The number of carbonyl (C=O) groups is 3. The number of nitrogens with one attached hydrogen (secondary N) is 2. The lowest BCUT2D eigenvalue weighted by Gasteiger charge is -2.22. The first-order valence-corrected chi connectivity index (χ1v) is 8.72. The smallest absolute Gasteiger partial charge is 0.344 e. The molecule has 1 heterocycles. The molecule has 2 rings (SSSR count). The van der Waals surface area contributed by atoms with Gasteiger partial charge in [-0.1, -0.05) is 39.8 Å². The van der Waals surface area contributed by atoms with Crippen molar-refractivity contribution in [3.63, 3.8) is 0 Å². The summed E-state index contributed by atoms with van der Waals surface area (Å²) in [5, 5.41) is 3.29. The van der Waals surface area contributed by atoms with Crippen LogP contribution in [0, 0.1) is 0 Å². The summed E-state index contributed by atoms with van der Waals surface area (Å²) in [5.74, 6) is -0.523. The average Bonchev–Trinajstić information content (AvgIpc) is 2.78. The van der Waals surface area contributed by atoms with Gasteiger partial charge in [-0.25, -0.2) is 4.79 Å². The first kappa shape index (κ1) is 19.8. The first-order valence-electron chi connectivity index (χ1n) is 8.72. The Morgan fingerprint density at radius 1 is 1.27 bits per heavy atom. The van der Waals surface area contributed by atoms with Crippen LogP contribution >= 0.6 is 0 Å². The number of amides is 4. The van der Waals surface area contributed by atoms with Gasteiger partial charge in [0.25, 0.3) is 11.8 Å². The summed E-state index contributed by atoms with van der Waals surface area (Å²) in [6, 6.07) is 6.85. The molecule has 0 aromatic heterocycles. The number of benzene rings is 1. The lowest BCUT2D eigenvalue weighted by molar-refractivity contribution is -0.141. The van der Waals surface area contributed by atoms with Crippen LogP contribution < -0.4 is 15.5 Å². The summed E-state index contributed by atoms with van der Waals surface area (Å²) < 4.78 is 5.62. The van der Waals surface area contributed by atoms with Gasteiger partial charge < -0.3 is 10.1 Å². The van der Waals surface area contributed by atoms with Gasteiger partial charge in [-0.05, 0) is 43.4 Å². The lowest BCUT2D eigenvalue weighted by Crippen LogP contribution is -2.51. The van der Waals surface area contributed by atoms with Crippen LogP contribution in [0.5, 0.6) is 5.75 Å². The van der Waals surface area contributed by atoms with E-state index >= 15 is 0 Å². The first-order chi connectivity index (χ1) is 12.0. The number of ether oxygens (including phenoxy) is 1. The maximum atomic E-state index is 12.3. The Bertz CT molecular complexity index is 708. The predicted molar refractivity (Wildman–Crippen MR) is 97.4 cm³/mol. The van der Waals surface area contributed by atoms with Gasteiger partial charge in [0.15, 0.2) is 6.10 Å². The molecular formula is C19H27N3O4. The zero-order valence-corrected chi connectivity index (χ0v) is 16.2. The maximum absolute atomic E-state index is 12.3. The molecule has 1 saturated heterocycles. The Morgan fingerprint density at radius 3 is 2.31 bits per heavy atom. The van der Waals surface area contributed by atoms with Gasteiger partial charge in [-0.2, -0.15) is 5.01 Å². The van der Waals surface area contributed by atoms with Gasteiger partial charge in [0.05, 0.1) is 0 Å². The van der Waals surface area contributed by atoms with E-state index in [9.17, 15) is 14.4 Å². The Labute approximate surface area is 154 Å². The third-order valence-corrected chi connectivity index (χ3v) is 4.59. The Hall–Kier alpha value is -2.57. The normalized spacial score (nSPS) is 21.4. The highest BCUT2D eigenvalue weighted by Crippen LogP contribution is 2.25. The highest BCUT2D eigenvalue weighted by Gasteiger charge is 2.47. The molecule has 1 aliphatic rings. The molecule has 1 aromatic rings. The van der Waals surface area contributed by atoms with Crippen LogP contribution in [0.1, 0.15) is 53.5 Å². The number of hydrogen-bond donors (Lipinski definition) is 2. The van der Waals surface area contributed by atoms with E-state index in [1.807, 2.05) is 12.1 Å². The molecule has 0 spiro atoms. The molecule has 1 aliphatic heterocycles. The fraction of sp³-hybridized carbons (Fsp3) is 0.526. The number of imide groups is 1. The number of hydrazine groups is 1. The van der Waals surface area contributed by atoms with E-state index < -0.39 is 29.5 Å². The third kappa shape index (κ3) is 3.98. The van der Waals surface area contributed by atoms with Crippen molar-refractivity contribution < 1.29 is 19.1 Å². The topological polar surface area (TPSA) is 87.7 Å². The van der Waals surface area contributed by atoms with Crippen LogP contribution in [0.25, 0.3) is 0 Å². The summed E-state index contributed by atoms with van der Waals surface area (Å²) in [6.07, 6.45) is -0.444. The molecule has 0 radical (unpaired) electrons. The van der Waals surface area contributed by atoms with Crippen molar-refractivity contribution in [2.45, 2.75) is 65.0 Å². The Balaban J connectivity index is 2.00. The third-order valence-electron chi connectivity index (χ3n) is 4.59. The van der Waals surface area contributed by atoms with Crippen LogP contribution in [0.4, 0.5) is 4.79 Å². The summed E-state index contributed by atoms with van der Waals surface area (Å²) in [6.45, 7) is 11.3. The van der Waals surface area contributed by atoms with Crippen molar-refractivity contribution in [1.29, 1.82) is 0 Å². The average molecular weight is 361 g/mol. The highest BCUT2D eigenvalue weighted by atomic mass is 16.5. The van der Waals surface area contributed by atoms with Crippen molar-refractivity contribution >= 4 is 17.8 Å². The molecule has 0 aliphatic carbocycles. The van der Waals surface area contributed by atoms with Crippen LogP contribution in [0.2, 0.25) is 0 Å². The molecule has 7 heteroatoms. The van der Waals surface area contributed by atoms with E-state index in [0.29, 0.717) is 17.2 Å². The number of carbonyl (C=O) groups excluding carboxylic acids is 3. The maximum Gasteiger partial charge on any atom is 0.344 e. The standard InChI is InChI=1S/C19H27N3O4/c1-7-19(6)16(24)22(17(25)20-19)21-15(23)12(2)26-14-10-8-13(9-11-14)18(3,4)5/h8-12H,7H2,1-6H3,(H,20,25)(H,21,23)/t12-,19+/m0/s1. The number of rotatable bonds is 5. The van der Waals surface area contributed by atoms with E-state index in [4.69, 9.17) is 4.74 Å². The van der Waals surface area contributed by atoms with Gasteiger partial charge in [-0.3, -0.25) is 15.0 Å². The molecule has 142 valence electrons. The molecule has 0 unspecified atom stereocenters. The number of urea groups is 1. The number of hydrogen-bond acceptors (Lipinski definition) is 4. The minimum atomic E-state index is -1.00. The summed E-state index contributed by atoms with van der Waals surface area (Å²) >= 11 is 0. The lowest BCUT2D eigenvalue weighted by atomic mass is 9.87. The minimum Gasteiger partial charge on any atom is -0.481 e. The van der Waals surface area contributed by atoms with Crippen molar-refractivity contribution in [2.24, 2.45) is 0 Å². The second-order valence-corrected chi connectivity index (χ2v) is 7.77. The molecule has 2 atom stereocenters. The van der Waals surface area contributed by atoms with Crippen LogP contribution in [0.15, 0.2) is 24.3 Å². The second kappa shape index (κ2) is 6.97. The molecule has 7 nitrogen and oxygen atoms in total. The minimum absolute atomic E-state index is 0.0247. The summed E-state index contributed by atoms with van der Waals surface area (Å²) in [7, 11) is 0. The zero-order chi connectivity index (χ0) is 19.7. The molecule has 4 amide bonds. The monoisotopic (exact) mass is 361 g/mol. The van der Waals surface area contributed by atoms with E-state index in [2.05, 4.69) is 31.5 Å². The van der Waals surface area contributed by atoms with Gasteiger partial charge >= 0.3 is 6.03 Å². The van der Waals surface area contributed by atoms with E-state index in [1.165, 1.54) is 0 Å². The van der Waals surface area contributed by atoms with Gasteiger partial charge in [-0.15, -0.1) is 0 Å². The highest BCUT2D eigenvalue weighted by molar-refractivity contribution is 6.07. The molecule has 2 N–H and O–H groups in total. The summed E-state index contributed by atoms with van der Waals surface area (Å²) in [5.41, 5.74) is 2.51. The molecule has 1 fully saturated rings. The SMILES string of the molecule is CC[C@@]1(C)NC(=O)N(NC(=O)[C@H](C)Oc2ccc(C(C)(C)C)cc2)C1=O. The number of nitrogens with zero attached hydrogens (tertiary/aromatic N) is 1. The summed E-state index contributed by atoms with van der Waals surface area (Å²) in [4.78, 5) is 36.6. The van der Waals surface area contributed by atoms with E-state index in [-0.39, 0.29) is 5.41 Å². The quantitative estimate of drug-likeness (QED) is 0.789. The van der Waals surface area contributed by atoms with Crippen molar-refractivity contribution in [1.82, 2.24) is 15.8 Å². The Morgan fingerprint density at radius 2 is 1.85 bits per heavy atom. The molecule has 26 heavy (non-hydrogen) atoms. The van der Waals surface area contributed by atoms with Crippen molar-refractivity contribution in [2.75, 3.05) is 0 Å². The molecular weight excluding hydrogens is 334 g/mol. The van der Waals surface area contributed by atoms with Crippen LogP contribution in [-0.2, 0) is 15.0 Å². The van der Waals surface area contributed by atoms with E-state index in [1.54, 1.807) is 32.9 Å². The second-order valence-electron chi connectivity index (χ2n) is 7.77. The molecule has 1 aromatic carbocycles. The molecule has 0 bridgehead atoms. The van der Waals surface area contributed by atoms with E-state index in [0.717, 1.165) is 5.56 Å². The predicted octanol–water partition coefficient (Wildman–Crippen LogP) is 2.50. The zero-order valence-electron chi connectivity index (χ0n) is 16.2. The van der Waals surface area contributed by atoms with Crippen molar-refractivity contribution in [3.8, 4) is 5.75 Å². The largest absolute Gasteiger partial charge is 0.481 e. The van der Waals surface area contributed by atoms with Gasteiger partial charge in [0, 0.05) is 0 Å². The molecule has 0 saturated carbocycles.